The molecule has 21 heavy (non-hydrogen) atoms. The van der Waals surface area contributed by atoms with E-state index in [4.69, 9.17) is 0 Å². The van der Waals surface area contributed by atoms with Crippen LogP contribution in [-0.4, -0.2) is 30.2 Å². The molecule has 0 aromatic heterocycles. The average molecular weight is 292 g/mol. The molecule has 0 aliphatic heterocycles. The molecule has 3 N–H and O–H groups in total. The zero-order valence-electron chi connectivity index (χ0n) is 12.8. The lowest BCUT2D eigenvalue weighted by atomic mass is 9.90. The molecule has 1 aromatic rings. The summed E-state index contributed by atoms with van der Waals surface area (Å²) in [7, 11) is 0. The summed E-state index contributed by atoms with van der Waals surface area (Å²) < 4.78 is 0. The minimum atomic E-state index is -0.949. The third-order valence-electron chi connectivity index (χ3n) is 3.65. The van der Waals surface area contributed by atoms with E-state index in [2.05, 4.69) is 31.4 Å². The highest BCUT2D eigenvalue weighted by atomic mass is 16.4. The SMILES string of the molecule is CCC(C)(C)CNC(=O)NCC(C(=O)O)c1ccccc1. The zero-order valence-corrected chi connectivity index (χ0v) is 12.8. The number of benzene rings is 1. The second-order valence-electron chi connectivity index (χ2n) is 5.88. The second kappa shape index (κ2) is 7.67. The van der Waals surface area contributed by atoms with Gasteiger partial charge in [0.25, 0.3) is 0 Å². The molecule has 1 aromatic carbocycles. The van der Waals surface area contributed by atoms with Crippen LogP contribution < -0.4 is 10.6 Å². The summed E-state index contributed by atoms with van der Waals surface area (Å²) in [5.41, 5.74) is 0.711. The maximum atomic E-state index is 11.7. The van der Waals surface area contributed by atoms with Gasteiger partial charge in [0.1, 0.15) is 0 Å². The zero-order chi connectivity index (χ0) is 15.9. The summed E-state index contributed by atoms with van der Waals surface area (Å²) in [5.74, 6) is -1.69. The van der Waals surface area contributed by atoms with Gasteiger partial charge in [-0.1, -0.05) is 51.1 Å². The molecule has 2 amide bonds. The van der Waals surface area contributed by atoms with Gasteiger partial charge in [-0.3, -0.25) is 4.79 Å². The summed E-state index contributed by atoms with van der Waals surface area (Å²) in [5, 5.41) is 14.7. The Morgan fingerprint density at radius 3 is 2.33 bits per heavy atom. The number of carbonyl (C=O) groups is 2. The molecule has 116 valence electrons. The van der Waals surface area contributed by atoms with E-state index in [1.807, 2.05) is 6.07 Å². The van der Waals surface area contributed by atoms with Crippen molar-refractivity contribution >= 4 is 12.0 Å². The van der Waals surface area contributed by atoms with Crippen molar-refractivity contribution in [2.75, 3.05) is 13.1 Å². The monoisotopic (exact) mass is 292 g/mol. The summed E-state index contributed by atoms with van der Waals surface area (Å²) in [6.45, 7) is 6.82. The quantitative estimate of drug-likeness (QED) is 0.722. The lowest BCUT2D eigenvalue weighted by Gasteiger charge is -2.23. The Morgan fingerprint density at radius 1 is 1.19 bits per heavy atom. The van der Waals surface area contributed by atoms with Gasteiger partial charge in [0, 0.05) is 13.1 Å². The largest absolute Gasteiger partial charge is 0.481 e. The van der Waals surface area contributed by atoms with E-state index in [-0.39, 0.29) is 18.0 Å². The van der Waals surface area contributed by atoms with E-state index in [0.29, 0.717) is 12.1 Å². The van der Waals surface area contributed by atoms with Crippen molar-refractivity contribution in [3.05, 3.63) is 35.9 Å². The maximum Gasteiger partial charge on any atom is 0.314 e. The van der Waals surface area contributed by atoms with Crippen LogP contribution >= 0.6 is 0 Å². The van der Waals surface area contributed by atoms with Crippen molar-refractivity contribution < 1.29 is 14.7 Å². The molecule has 5 heteroatoms. The van der Waals surface area contributed by atoms with Crippen LogP contribution in [0, 0.1) is 5.41 Å². The predicted octanol–water partition coefficient (Wildman–Crippen LogP) is 2.59. The number of amides is 2. The van der Waals surface area contributed by atoms with Gasteiger partial charge in [-0.05, 0) is 17.4 Å². The Hall–Kier alpha value is -2.04. The van der Waals surface area contributed by atoms with Gasteiger partial charge >= 0.3 is 12.0 Å². The van der Waals surface area contributed by atoms with Crippen LogP contribution in [0.3, 0.4) is 0 Å². The molecule has 0 saturated carbocycles. The molecular weight excluding hydrogens is 268 g/mol. The van der Waals surface area contributed by atoms with E-state index in [9.17, 15) is 14.7 Å². The van der Waals surface area contributed by atoms with Gasteiger partial charge in [-0.2, -0.15) is 0 Å². The molecule has 1 unspecified atom stereocenters. The molecule has 0 radical (unpaired) electrons. The summed E-state index contributed by atoms with van der Waals surface area (Å²) >= 11 is 0. The highest BCUT2D eigenvalue weighted by Gasteiger charge is 2.21. The molecule has 0 aliphatic carbocycles. The number of carbonyl (C=O) groups excluding carboxylic acids is 1. The van der Waals surface area contributed by atoms with Crippen LogP contribution in [0.15, 0.2) is 30.3 Å². The van der Waals surface area contributed by atoms with Gasteiger partial charge in [0.2, 0.25) is 0 Å². The highest BCUT2D eigenvalue weighted by molar-refractivity contribution is 5.79. The third-order valence-corrected chi connectivity index (χ3v) is 3.65. The summed E-state index contributed by atoms with van der Waals surface area (Å²) in [6.07, 6.45) is 0.953. The molecule has 0 spiro atoms. The Morgan fingerprint density at radius 2 is 1.81 bits per heavy atom. The Labute approximate surface area is 125 Å². The number of aliphatic carboxylic acids is 1. The second-order valence-corrected chi connectivity index (χ2v) is 5.88. The smallest absolute Gasteiger partial charge is 0.314 e. The van der Waals surface area contributed by atoms with Crippen LogP contribution in [0.25, 0.3) is 0 Å². The fraction of sp³-hybridized carbons (Fsp3) is 0.500. The van der Waals surface area contributed by atoms with Crippen LogP contribution in [0.4, 0.5) is 4.79 Å². The number of nitrogens with one attached hydrogen (secondary N) is 2. The number of carboxylic acid groups (broad SMARTS) is 1. The minimum absolute atomic E-state index is 0.0307. The third kappa shape index (κ3) is 5.85. The maximum absolute atomic E-state index is 11.7. The molecule has 0 saturated heterocycles. The fourth-order valence-electron chi connectivity index (χ4n) is 1.73. The number of rotatable bonds is 7. The first-order chi connectivity index (χ1) is 9.85. The lowest BCUT2D eigenvalue weighted by molar-refractivity contribution is -0.138. The van der Waals surface area contributed by atoms with Crippen molar-refractivity contribution in [2.24, 2.45) is 5.41 Å². The first-order valence-corrected chi connectivity index (χ1v) is 7.15. The number of hydrogen-bond donors (Lipinski definition) is 3. The van der Waals surface area contributed by atoms with Crippen molar-refractivity contribution in [1.82, 2.24) is 10.6 Å². The van der Waals surface area contributed by atoms with Crippen LogP contribution in [-0.2, 0) is 4.79 Å². The van der Waals surface area contributed by atoms with E-state index < -0.39 is 11.9 Å². The van der Waals surface area contributed by atoms with Gasteiger partial charge in [0.15, 0.2) is 0 Å². The molecule has 1 atom stereocenters. The average Bonchev–Trinajstić information content (AvgIpc) is 2.46. The van der Waals surface area contributed by atoms with Crippen molar-refractivity contribution in [3.8, 4) is 0 Å². The van der Waals surface area contributed by atoms with Crippen LogP contribution in [0.1, 0.15) is 38.7 Å². The number of carboxylic acids is 1. The van der Waals surface area contributed by atoms with E-state index in [0.717, 1.165) is 6.42 Å². The van der Waals surface area contributed by atoms with Gasteiger partial charge in [-0.25, -0.2) is 4.79 Å². The predicted molar refractivity (Wildman–Crippen MR) is 82.3 cm³/mol. The molecule has 1 rings (SSSR count). The Bertz CT molecular complexity index is 472. The lowest BCUT2D eigenvalue weighted by Crippen LogP contribution is -2.42. The molecular formula is C16H24N2O3. The number of urea groups is 1. The fourth-order valence-corrected chi connectivity index (χ4v) is 1.73. The molecule has 0 bridgehead atoms. The van der Waals surface area contributed by atoms with Crippen LogP contribution in [0.2, 0.25) is 0 Å². The van der Waals surface area contributed by atoms with E-state index in [1.54, 1.807) is 24.3 Å². The first-order valence-electron chi connectivity index (χ1n) is 7.15. The minimum Gasteiger partial charge on any atom is -0.481 e. The summed E-state index contributed by atoms with van der Waals surface area (Å²) in [6, 6.07) is 8.57. The van der Waals surface area contributed by atoms with E-state index >= 15 is 0 Å². The highest BCUT2D eigenvalue weighted by Crippen LogP contribution is 2.17. The Balaban J connectivity index is 2.51. The van der Waals surface area contributed by atoms with Gasteiger partial charge in [-0.15, -0.1) is 0 Å². The number of hydrogen-bond acceptors (Lipinski definition) is 2. The normalized spacial score (nSPS) is 12.5. The molecule has 0 heterocycles. The van der Waals surface area contributed by atoms with Gasteiger partial charge in [0.05, 0.1) is 5.92 Å². The molecule has 5 nitrogen and oxygen atoms in total. The Kier molecular flexibility index (Phi) is 6.21. The van der Waals surface area contributed by atoms with E-state index in [1.165, 1.54) is 0 Å². The van der Waals surface area contributed by atoms with Gasteiger partial charge < -0.3 is 15.7 Å². The first kappa shape index (κ1) is 17.0. The van der Waals surface area contributed by atoms with Crippen molar-refractivity contribution in [2.45, 2.75) is 33.1 Å². The molecule has 0 aliphatic rings. The van der Waals surface area contributed by atoms with Crippen LogP contribution in [0.5, 0.6) is 0 Å². The summed E-state index contributed by atoms with van der Waals surface area (Å²) in [4.78, 5) is 23.1. The van der Waals surface area contributed by atoms with Crippen molar-refractivity contribution in [1.29, 1.82) is 0 Å². The van der Waals surface area contributed by atoms with Crippen molar-refractivity contribution in [3.63, 3.8) is 0 Å². The topological polar surface area (TPSA) is 78.4 Å². The molecule has 0 fully saturated rings. The standard InChI is InChI=1S/C16H24N2O3/c1-4-16(2,3)11-18-15(21)17-10-13(14(19)20)12-8-6-5-7-9-12/h5-9,13H,4,10-11H2,1-3H3,(H,19,20)(H2,17,18,21).